The first-order valence-electron chi connectivity index (χ1n) is 5.23. The third-order valence-corrected chi connectivity index (χ3v) is 2.40. The number of amides is 1. The van der Waals surface area contributed by atoms with Gasteiger partial charge >= 0.3 is 0 Å². The van der Waals surface area contributed by atoms with Crippen molar-refractivity contribution in [2.24, 2.45) is 0 Å². The lowest BCUT2D eigenvalue weighted by Crippen LogP contribution is -2.39. The first-order valence-corrected chi connectivity index (χ1v) is 5.23. The van der Waals surface area contributed by atoms with Gasteiger partial charge in [0, 0.05) is 20.0 Å². The maximum Gasteiger partial charge on any atom is 0.267 e. The van der Waals surface area contributed by atoms with Gasteiger partial charge in [-0.25, -0.2) is 8.78 Å². The largest absolute Gasteiger partial charge is 0.378 e. The van der Waals surface area contributed by atoms with Crippen LogP contribution in [0.25, 0.3) is 0 Å². The summed E-state index contributed by atoms with van der Waals surface area (Å²) in [7, 11) is 0. The van der Waals surface area contributed by atoms with E-state index >= 15 is 0 Å². The average molecular weight is 221 g/mol. The summed E-state index contributed by atoms with van der Waals surface area (Å²) in [5.74, 6) is -3.30. The molecule has 88 valence electrons. The molecule has 5 heteroatoms. The number of carbonyl (C=O) groups excluding carboxylic acids is 1. The molecule has 0 saturated carbocycles. The minimum Gasteiger partial charge on any atom is -0.378 e. The Morgan fingerprint density at radius 3 is 2.80 bits per heavy atom. The lowest BCUT2D eigenvalue weighted by atomic mass is 10.0. The molecule has 1 atom stereocenters. The maximum atomic E-state index is 13.3. The molecule has 0 spiro atoms. The zero-order valence-electron chi connectivity index (χ0n) is 8.89. The second-order valence-corrected chi connectivity index (χ2v) is 3.96. The van der Waals surface area contributed by atoms with Crippen LogP contribution in [0.1, 0.15) is 32.6 Å². The van der Waals surface area contributed by atoms with Crippen molar-refractivity contribution >= 4 is 5.91 Å². The van der Waals surface area contributed by atoms with Gasteiger partial charge in [-0.15, -0.1) is 0 Å². The van der Waals surface area contributed by atoms with Crippen molar-refractivity contribution in [1.29, 1.82) is 0 Å². The van der Waals surface area contributed by atoms with Gasteiger partial charge in [0.1, 0.15) is 0 Å². The standard InChI is InChI=1S/C10H17F2NO2/c1-8(14)13-7-10(11,12)6-9-4-2-3-5-15-9/h9H,2-7H2,1H3,(H,13,14)/t9-/m0/s1. The molecule has 1 fully saturated rings. The molecule has 0 aromatic heterocycles. The third-order valence-electron chi connectivity index (χ3n) is 2.40. The third kappa shape index (κ3) is 5.06. The van der Waals surface area contributed by atoms with Crippen molar-refractivity contribution in [2.45, 2.75) is 44.6 Å². The predicted molar refractivity (Wildman–Crippen MR) is 51.8 cm³/mol. The highest BCUT2D eigenvalue weighted by Gasteiger charge is 2.33. The molecule has 0 unspecified atom stereocenters. The van der Waals surface area contributed by atoms with Gasteiger partial charge in [0.25, 0.3) is 5.92 Å². The fraction of sp³-hybridized carbons (Fsp3) is 0.900. The highest BCUT2D eigenvalue weighted by Crippen LogP contribution is 2.25. The topological polar surface area (TPSA) is 38.3 Å². The van der Waals surface area contributed by atoms with E-state index in [1.165, 1.54) is 6.92 Å². The minimum absolute atomic E-state index is 0.298. The molecule has 0 aromatic carbocycles. The molecule has 1 aliphatic heterocycles. The van der Waals surface area contributed by atoms with E-state index < -0.39 is 18.4 Å². The van der Waals surface area contributed by atoms with E-state index in [0.717, 1.165) is 12.8 Å². The Labute approximate surface area is 88.2 Å². The fourth-order valence-corrected chi connectivity index (χ4v) is 1.63. The number of nitrogens with one attached hydrogen (secondary N) is 1. The number of rotatable bonds is 4. The first kappa shape index (κ1) is 12.4. The quantitative estimate of drug-likeness (QED) is 0.785. The monoisotopic (exact) mass is 221 g/mol. The SMILES string of the molecule is CC(=O)NCC(F)(F)C[C@@H]1CCCCO1. The van der Waals surface area contributed by atoms with E-state index in [-0.39, 0.29) is 12.5 Å². The van der Waals surface area contributed by atoms with Gasteiger partial charge < -0.3 is 10.1 Å². The zero-order valence-corrected chi connectivity index (χ0v) is 8.89. The second kappa shape index (κ2) is 5.39. The molecule has 0 aliphatic carbocycles. The predicted octanol–water partition coefficient (Wildman–Crippen LogP) is 1.72. The highest BCUT2D eigenvalue weighted by molar-refractivity contribution is 5.72. The molecule has 15 heavy (non-hydrogen) atoms. The van der Waals surface area contributed by atoms with Crippen LogP contribution in [-0.4, -0.2) is 31.1 Å². The molecule has 1 heterocycles. The summed E-state index contributed by atoms with van der Waals surface area (Å²) in [6.45, 7) is 1.20. The number of carbonyl (C=O) groups is 1. The van der Waals surface area contributed by atoms with E-state index in [9.17, 15) is 13.6 Å². The van der Waals surface area contributed by atoms with E-state index in [0.29, 0.717) is 13.0 Å². The van der Waals surface area contributed by atoms with Crippen molar-refractivity contribution in [3.05, 3.63) is 0 Å². The number of halogens is 2. The molecule has 3 nitrogen and oxygen atoms in total. The molecule has 1 N–H and O–H groups in total. The van der Waals surface area contributed by atoms with Gasteiger partial charge in [-0.1, -0.05) is 0 Å². The molecule has 0 aromatic rings. The van der Waals surface area contributed by atoms with Crippen LogP contribution in [0.5, 0.6) is 0 Å². The molecule has 0 bridgehead atoms. The van der Waals surface area contributed by atoms with Crippen LogP contribution in [0.2, 0.25) is 0 Å². The fourth-order valence-electron chi connectivity index (χ4n) is 1.63. The summed E-state index contributed by atoms with van der Waals surface area (Å²) in [6, 6.07) is 0. The van der Waals surface area contributed by atoms with Gasteiger partial charge in [0.15, 0.2) is 0 Å². The van der Waals surface area contributed by atoms with Crippen molar-refractivity contribution < 1.29 is 18.3 Å². The number of ether oxygens (including phenoxy) is 1. The Morgan fingerprint density at radius 1 is 1.53 bits per heavy atom. The van der Waals surface area contributed by atoms with Gasteiger partial charge in [-0.3, -0.25) is 4.79 Å². The van der Waals surface area contributed by atoms with E-state index in [1.807, 2.05) is 0 Å². The Kier molecular flexibility index (Phi) is 4.45. The van der Waals surface area contributed by atoms with E-state index in [1.54, 1.807) is 0 Å². The van der Waals surface area contributed by atoms with Crippen LogP contribution in [0.4, 0.5) is 8.78 Å². The lowest BCUT2D eigenvalue weighted by Gasteiger charge is -2.26. The maximum absolute atomic E-state index is 13.3. The van der Waals surface area contributed by atoms with Crippen LogP contribution in [0.3, 0.4) is 0 Å². The Bertz CT molecular complexity index is 215. The Balaban J connectivity index is 2.29. The van der Waals surface area contributed by atoms with Crippen molar-refractivity contribution in [1.82, 2.24) is 5.32 Å². The average Bonchev–Trinajstić information content (AvgIpc) is 2.16. The summed E-state index contributed by atoms with van der Waals surface area (Å²) < 4.78 is 31.8. The van der Waals surface area contributed by atoms with E-state index in [2.05, 4.69) is 5.32 Å². The van der Waals surface area contributed by atoms with Gasteiger partial charge in [0.05, 0.1) is 12.6 Å². The zero-order chi connectivity index (χ0) is 11.3. The number of alkyl halides is 2. The van der Waals surface area contributed by atoms with Crippen LogP contribution < -0.4 is 5.32 Å². The van der Waals surface area contributed by atoms with Crippen LogP contribution in [0.15, 0.2) is 0 Å². The molecule has 1 amide bonds. The lowest BCUT2D eigenvalue weighted by molar-refractivity contribution is -0.122. The molecule has 1 rings (SSSR count). The number of hydrogen-bond donors (Lipinski definition) is 1. The molecule has 0 radical (unpaired) electrons. The molecular formula is C10H17F2NO2. The summed E-state index contributed by atoms with van der Waals surface area (Å²) in [6.07, 6.45) is 1.93. The normalized spacial score (nSPS) is 22.5. The van der Waals surface area contributed by atoms with Crippen LogP contribution >= 0.6 is 0 Å². The Hall–Kier alpha value is -0.710. The van der Waals surface area contributed by atoms with Crippen molar-refractivity contribution in [3.8, 4) is 0 Å². The van der Waals surface area contributed by atoms with Crippen molar-refractivity contribution in [2.75, 3.05) is 13.2 Å². The summed E-state index contributed by atoms with van der Waals surface area (Å²) in [5.41, 5.74) is 0. The van der Waals surface area contributed by atoms with Crippen molar-refractivity contribution in [3.63, 3.8) is 0 Å². The number of hydrogen-bond acceptors (Lipinski definition) is 2. The second-order valence-electron chi connectivity index (χ2n) is 3.96. The first-order chi connectivity index (χ1) is 6.99. The van der Waals surface area contributed by atoms with Gasteiger partial charge in [-0.05, 0) is 19.3 Å². The summed E-state index contributed by atoms with van der Waals surface area (Å²) >= 11 is 0. The Morgan fingerprint density at radius 2 is 2.27 bits per heavy atom. The van der Waals surface area contributed by atoms with E-state index in [4.69, 9.17) is 4.74 Å². The van der Waals surface area contributed by atoms with Gasteiger partial charge in [0.2, 0.25) is 5.91 Å². The highest BCUT2D eigenvalue weighted by atomic mass is 19.3. The molecule has 1 aliphatic rings. The van der Waals surface area contributed by atoms with Gasteiger partial charge in [-0.2, -0.15) is 0 Å². The minimum atomic E-state index is -2.87. The summed E-state index contributed by atoms with van der Waals surface area (Å²) in [5, 5.41) is 2.13. The summed E-state index contributed by atoms with van der Waals surface area (Å²) in [4.78, 5) is 10.5. The van der Waals surface area contributed by atoms with Crippen LogP contribution in [0, 0.1) is 0 Å². The molecule has 1 saturated heterocycles. The molecular weight excluding hydrogens is 204 g/mol. The smallest absolute Gasteiger partial charge is 0.267 e. The van der Waals surface area contributed by atoms with Crippen LogP contribution in [-0.2, 0) is 9.53 Å².